The number of H-pyrrole nitrogens is 1. The number of nitro groups is 1. The summed E-state index contributed by atoms with van der Waals surface area (Å²) in [6.45, 7) is 0. The fraction of sp³-hybridized carbons (Fsp3) is 0.235. The minimum Gasteiger partial charge on any atom is -0.376 e. The maximum atomic E-state index is 10.8. The first kappa shape index (κ1) is 15.8. The molecular formula is C17H19N5O2. The van der Waals surface area contributed by atoms with Gasteiger partial charge in [0.15, 0.2) is 0 Å². The molecule has 0 unspecified atom stereocenters. The number of hydrogen-bond donors (Lipinski definition) is 1. The zero-order valence-corrected chi connectivity index (χ0v) is 14.1. The SMILES string of the molecule is CN(C)c1ccc(N(C)C)c2[nH]c(-c3ccc([N+](=O)[O-])cc3)nc12. The number of anilines is 2. The highest BCUT2D eigenvalue weighted by Crippen LogP contribution is 2.33. The van der Waals surface area contributed by atoms with Gasteiger partial charge in [0.2, 0.25) is 0 Å². The zero-order valence-electron chi connectivity index (χ0n) is 14.1. The lowest BCUT2D eigenvalue weighted by atomic mass is 10.2. The van der Waals surface area contributed by atoms with E-state index in [0.29, 0.717) is 5.82 Å². The van der Waals surface area contributed by atoms with E-state index in [9.17, 15) is 10.1 Å². The molecule has 7 heteroatoms. The molecule has 124 valence electrons. The van der Waals surface area contributed by atoms with Gasteiger partial charge in [-0.3, -0.25) is 10.1 Å². The lowest BCUT2D eigenvalue weighted by Gasteiger charge is -2.17. The first-order chi connectivity index (χ1) is 11.4. The maximum absolute atomic E-state index is 10.8. The molecule has 0 amide bonds. The Bertz CT molecular complexity index is 852. The minimum absolute atomic E-state index is 0.0674. The highest BCUT2D eigenvalue weighted by molar-refractivity contribution is 5.99. The number of benzene rings is 2. The minimum atomic E-state index is -0.406. The van der Waals surface area contributed by atoms with Crippen molar-refractivity contribution >= 4 is 28.1 Å². The molecule has 0 radical (unpaired) electrons. The van der Waals surface area contributed by atoms with E-state index < -0.39 is 4.92 Å². The van der Waals surface area contributed by atoms with Crippen molar-refractivity contribution in [2.24, 2.45) is 0 Å². The summed E-state index contributed by atoms with van der Waals surface area (Å²) in [5.74, 6) is 0.692. The molecule has 2 aromatic carbocycles. The van der Waals surface area contributed by atoms with E-state index in [1.165, 1.54) is 12.1 Å². The predicted octanol–water partition coefficient (Wildman–Crippen LogP) is 3.27. The van der Waals surface area contributed by atoms with Crippen LogP contribution in [0.3, 0.4) is 0 Å². The molecular weight excluding hydrogens is 306 g/mol. The van der Waals surface area contributed by atoms with Crippen molar-refractivity contribution in [3.63, 3.8) is 0 Å². The van der Waals surface area contributed by atoms with E-state index in [1.807, 2.05) is 44.1 Å². The number of aromatic nitrogens is 2. The Morgan fingerprint density at radius 3 is 2.08 bits per heavy atom. The Morgan fingerprint density at radius 1 is 0.958 bits per heavy atom. The Morgan fingerprint density at radius 2 is 1.54 bits per heavy atom. The van der Waals surface area contributed by atoms with Crippen molar-refractivity contribution < 1.29 is 4.92 Å². The summed E-state index contributed by atoms with van der Waals surface area (Å²) in [6, 6.07) is 10.5. The van der Waals surface area contributed by atoms with Gasteiger partial charge in [0.25, 0.3) is 5.69 Å². The molecule has 3 rings (SSSR count). The number of hydrogen-bond acceptors (Lipinski definition) is 5. The van der Waals surface area contributed by atoms with Crippen LogP contribution < -0.4 is 9.80 Å². The third-order valence-electron chi connectivity index (χ3n) is 3.92. The number of non-ortho nitro benzene ring substituents is 1. The van der Waals surface area contributed by atoms with Crippen LogP contribution in [0.5, 0.6) is 0 Å². The first-order valence-electron chi connectivity index (χ1n) is 7.50. The Kier molecular flexibility index (Phi) is 3.84. The predicted molar refractivity (Wildman–Crippen MR) is 96.8 cm³/mol. The van der Waals surface area contributed by atoms with Crippen LogP contribution in [0.4, 0.5) is 17.1 Å². The van der Waals surface area contributed by atoms with E-state index in [4.69, 9.17) is 4.98 Å². The van der Waals surface area contributed by atoms with Gasteiger partial charge in [-0.2, -0.15) is 0 Å². The average Bonchev–Trinajstić information content (AvgIpc) is 2.98. The second-order valence-corrected chi connectivity index (χ2v) is 6.01. The number of nitro benzene ring substituents is 1. The van der Waals surface area contributed by atoms with Crippen molar-refractivity contribution in [2.45, 2.75) is 0 Å². The summed E-state index contributed by atoms with van der Waals surface area (Å²) < 4.78 is 0. The molecule has 1 N–H and O–H groups in total. The van der Waals surface area contributed by atoms with Crippen LogP contribution >= 0.6 is 0 Å². The van der Waals surface area contributed by atoms with E-state index in [1.54, 1.807) is 12.1 Å². The third-order valence-corrected chi connectivity index (χ3v) is 3.92. The number of imidazole rings is 1. The van der Waals surface area contributed by atoms with Crippen molar-refractivity contribution in [1.82, 2.24) is 9.97 Å². The van der Waals surface area contributed by atoms with Crippen LogP contribution in [0.25, 0.3) is 22.4 Å². The molecule has 7 nitrogen and oxygen atoms in total. The molecule has 24 heavy (non-hydrogen) atoms. The molecule has 0 aliphatic heterocycles. The standard InChI is InChI=1S/C17H19N5O2/c1-20(2)13-9-10-14(21(3)4)16-15(13)18-17(19-16)11-5-7-12(8-6-11)22(23)24/h5-10H,1-4H3,(H,18,19). The van der Waals surface area contributed by atoms with Crippen LogP contribution in [-0.4, -0.2) is 43.1 Å². The number of rotatable bonds is 4. The van der Waals surface area contributed by atoms with E-state index in [0.717, 1.165) is 28.0 Å². The molecule has 1 aromatic heterocycles. The summed E-state index contributed by atoms with van der Waals surface area (Å²) >= 11 is 0. The molecule has 3 aromatic rings. The fourth-order valence-electron chi connectivity index (χ4n) is 2.68. The highest BCUT2D eigenvalue weighted by atomic mass is 16.6. The number of fused-ring (bicyclic) bond motifs is 1. The Hall–Kier alpha value is -3.09. The molecule has 1 heterocycles. The van der Waals surface area contributed by atoms with Crippen LogP contribution in [-0.2, 0) is 0 Å². The van der Waals surface area contributed by atoms with Gasteiger partial charge in [-0.15, -0.1) is 0 Å². The average molecular weight is 325 g/mol. The van der Waals surface area contributed by atoms with Gasteiger partial charge in [0.05, 0.1) is 21.8 Å². The normalized spacial score (nSPS) is 10.8. The Balaban J connectivity index is 2.17. The molecule has 0 spiro atoms. The quantitative estimate of drug-likeness (QED) is 0.588. The summed E-state index contributed by atoms with van der Waals surface area (Å²) in [5, 5.41) is 10.8. The number of aromatic amines is 1. The zero-order chi connectivity index (χ0) is 17.4. The number of nitrogens with one attached hydrogen (secondary N) is 1. The molecule has 0 saturated carbocycles. The van der Waals surface area contributed by atoms with Gasteiger partial charge in [0, 0.05) is 45.9 Å². The van der Waals surface area contributed by atoms with Crippen LogP contribution in [0.1, 0.15) is 0 Å². The topological polar surface area (TPSA) is 78.3 Å². The van der Waals surface area contributed by atoms with Crippen LogP contribution in [0.2, 0.25) is 0 Å². The van der Waals surface area contributed by atoms with Gasteiger partial charge >= 0.3 is 0 Å². The monoisotopic (exact) mass is 325 g/mol. The molecule has 0 bridgehead atoms. The largest absolute Gasteiger partial charge is 0.376 e. The third kappa shape index (κ3) is 2.64. The molecule has 0 fully saturated rings. The van der Waals surface area contributed by atoms with Crippen LogP contribution in [0.15, 0.2) is 36.4 Å². The van der Waals surface area contributed by atoms with Crippen molar-refractivity contribution in [2.75, 3.05) is 38.0 Å². The molecule has 0 saturated heterocycles. The van der Waals surface area contributed by atoms with Gasteiger partial charge in [-0.1, -0.05) is 0 Å². The highest BCUT2D eigenvalue weighted by Gasteiger charge is 2.15. The fourth-order valence-corrected chi connectivity index (χ4v) is 2.68. The summed E-state index contributed by atoms with van der Waals surface area (Å²) in [7, 11) is 7.92. The van der Waals surface area contributed by atoms with Gasteiger partial charge < -0.3 is 14.8 Å². The van der Waals surface area contributed by atoms with E-state index in [-0.39, 0.29) is 5.69 Å². The number of nitrogens with zero attached hydrogens (tertiary/aromatic N) is 4. The van der Waals surface area contributed by atoms with E-state index >= 15 is 0 Å². The van der Waals surface area contributed by atoms with E-state index in [2.05, 4.69) is 11.1 Å². The lowest BCUT2D eigenvalue weighted by Crippen LogP contribution is -2.12. The lowest BCUT2D eigenvalue weighted by molar-refractivity contribution is -0.384. The molecule has 0 aliphatic rings. The second-order valence-electron chi connectivity index (χ2n) is 6.01. The Labute approximate surface area is 139 Å². The van der Waals surface area contributed by atoms with Crippen molar-refractivity contribution in [1.29, 1.82) is 0 Å². The summed E-state index contributed by atoms with van der Waals surface area (Å²) in [6.07, 6.45) is 0. The molecule has 0 atom stereocenters. The summed E-state index contributed by atoms with van der Waals surface area (Å²) in [5.41, 5.74) is 4.75. The maximum Gasteiger partial charge on any atom is 0.269 e. The molecule has 0 aliphatic carbocycles. The first-order valence-corrected chi connectivity index (χ1v) is 7.50. The second kappa shape index (κ2) is 5.84. The van der Waals surface area contributed by atoms with Crippen molar-refractivity contribution in [3.8, 4) is 11.4 Å². The van der Waals surface area contributed by atoms with Gasteiger partial charge in [-0.05, 0) is 24.3 Å². The van der Waals surface area contributed by atoms with Crippen LogP contribution in [0, 0.1) is 10.1 Å². The summed E-state index contributed by atoms with van der Waals surface area (Å²) in [4.78, 5) is 22.5. The van der Waals surface area contributed by atoms with Crippen molar-refractivity contribution in [3.05, 3.63) is 46.5 Å². The van der Waals surface area contributed by atoms with Gasteiger partial charge in [0.1, 0.15) is 11.3 Å². The van der Waals surface area contributed by atoms with Gasteiger partial charge in [-0.25, -0.2) is 4.98 Å². The smallest absolute Gasteiger partial charge is 0.269 e.